The number of nitrogens with zero attached hydrogens (tertiary/aromatic N) is 1. The summed E-state index contributed by atoms with van der Waals surface area (Å²) in [5.41, 5.74) is 5.75. The third-order valence-corrected chi connectivity index (χ3v) is 3.91. The fourth-order valence-electron chi connectivity index (χ4n) is 2.74. The van der Waals surface area contributed by atoms with E-state index in [1.54, 1.807) is 0 Å². The van der Waals surface area contributed by atoms with Gasteiger partial charge in [0.15, 0.2) is 0 Å². The van der Waals surface area contributed by atoms with E-state index >= 15 is 0 Å². The van der Waals surface area contributed by atoms with Gasteiger partial charge in [-0.15, -0.1) is 0 Å². The number of amides is 1. The summed E-state index contributed by atoms with van der Waals surface area (Å²) in [7, 11) is 1.90. The van der Waals surface area contributed by atoms with Gasteiger partial charge in [0.05, 0.1) is 12.5 Å². The Morgan fingerprint density at radius 3 is 2.76 bits per heavy atom. The summed E-state index contributed by atoms with van der Waals surface area (Å²) in [4.78, 5) is 13.8. The molecule has 1 aliphatic heterocycles. The summed E-state index contributed by atoms with van der Waals surface area (Å²) in [6.45, 7) is 1.68. The average molecular weight is 240 g/mol. The largest absolute Gasteiger partial charge is 0.378 e. The summed E-state index contributed by atoms with van der Waals surface area (Å²) in [5.74, 6) is 0.837. The van der Waals surface area contributed by atoms with E-state index in [0.717, 1.165) is 38.8 Å². The van der Waals surface area contributed by atoms with E-state index in [0.29, 0.717) is 18.4 Å². The Labute approximate surface area is 103 Å². The molecule has 17 heavy (non-hydrogen) atoms. The Morgan fingerprint density at radius 2 is 2.18 bits per heavy atom. The highest BCUT2D eigenvalue weighted by Gasteiger charge is 2.28. The summed E-state index contributed by atoms with van der Waals surface area (Å²) < 4.78 is 5.59. The molecule has 2 rings (SSSR count). The van der Waals surface area contributed by atoms with Crippen LogP contribution in [-0.4, -0.2) is 43.2 Å². The van der Waals surface area contributed by atoms with Gasteiger partial charge >= 0.3 is 0 Å². The van der Waals surface area contributed by atoms with Crippen LogP contribution in [0.4, 0.5) is 0 Å². The van der Waals surface area contributed by atoms with Gasteiger partial charge < -0.3 is 15.4 Å². The molecule has 0 radical (unpaired) electrons. The highest BCUT2D eigenvalue weighted by molar-refractivity contribution is 5.76. The zero-order valence-corrected chi connectivity index (χ0v) is 10.7. The molecule has 1 amide bonds. The van der Waals surface area contributed by atoms with E-state index in [1.165, 1.54) is 6.42 Å². The first-order valence-corrected chi connectivity index (χ1v) is 6.76. The van der Waals surface area contributed by atoms with Gasteiger partial charge in [-0.05, 0) is 38.0 Å². The van der Waals surface area contributed by atoms with Gasteiger partial charge in [-0.2, -0.15) is 0 Å². The predicted molar refractivity (Wildman–Crippen MR) is 66.5 cm³/mol. The zero-order valence-electron chi connectivity index (χ0n) is 10.7. The van der Waals surface area contributed by atoms with Crippen molar-refractivity contribution in [2.45, 2.75) is 50.7 Å². The first kappa shape index (κ1) is 12.8. The van der Waals surface area contributed by atoms with Crippen molar-refractivity contribution in [3.63, 3.8) is 0 Å². The van der Waals surface area contributed by atoms with Crippen LogP contribution in [0.1, 0.15) is 38.5 Å². The van der Waals surface area contributed by atoms with Crippen molar-refractivity contribution in [2.75, 3.05) is 20.2 Å². The molecule has 1 aliphatic carbocycles. The lowest BCUT2D eigenvalue weighted by atomic mass is 9.80. The molecular weight excluding hydrogens is 216 g/mol. The van der Waals surface area contributed by atoms with Gasteiger partial charge in [-0.3, -0.25) is 4.79 Å². The Hall–Kier alpha value is -0.610. The topological polar surface area (TPSA) is 55.6 Å². The Balaban J connectivity index is 1.67. The Bertz CT molecular complexity index is 258. The third-order valence-electron chi connectivity index (χ3n) is 3.91. The number of ether oxygens (including phenoxy) is 1. The van der Waals surface area contributed by atoms with Crippen molar-refractivity contribution in [3.05, 3.63) is 0 Å². The Morgan fingerprint density at radius 1 is 1.41 bits per heavy atom. The van der Waals surface area contributed by atoms with Crippen LogP contribution in [0.15, 0.2) is 0 Å². The molecule has 2 N–H and O–H groups in total. The van der Waals surface area contributed by atoms with Crippen LogP contribution in [0.3, 0.4) is 0 Å². The number of nitrogens with two attached hydrogens (primary N) is 1. The minimum absolute atomic E-state index is 0.155. The fraction of sp³-hybridized carbons (Fsp3) is 0.923. The summed E-state index contributed by atoms with van der Waals surface area (Å²) in [6.07, 6.45) is 6.21. The molecule has 1 saturated carbocycles. The molecule has 98 valence electrons. The van der Waals surface area contributed by atoms with Crippen molar-refractivity contribution in [1.29, 1.82) is 0 Å². The van der Waals surface area contributed by atoms with Crippen LogP contribution in [0, 0.1) is 5.92 Å². The molecule has 2 fully saturated rings. The summed E-state index contributed by atoms with van der Waals surface area (Å²) >= 11 is 0. The maximum Gasteiger partial charge on any atom is 0.224 e. The van der Waals surface area contributed by atoms with E-state index in [2.05, 4.69) is 0 Å². The van der Waals surface area contributed by atoms with E-state index < -0.39 is 0 Å². The van der Waals surface area contributed by atoms with Gasteiger partial charge in [0.1, 0.15) is 0 Å². The van der Waals surface area contributed by atoms with Crippen LogP contribution in [0.25, 0.3) is 0 Å². The number of carbonyl (C=O) groups is 1. The van der Waals surface area contributed by atoms with Crippen LogP contribution in [0.2, 0.25) is 0 Å². The molecular formula is C13H24N2O2. The number of carbonyl (C=O) groups excluding carboxylic acids is 1. The molecule has 0 bridgehead atoms. The van der Waals surface area contributed by atoms with Crippen molar-refractivity contribution >= 4 is 5.91 Å². The lowest BCUT2D eigenvalue weighted by molar-refractivity contribution is -0.134. The number of hydrogen-bond acceptors (Lipinski definition) is 3. The molecule has 0 aromatic rings. The average Bonchev–Trinajstić information content (AvgIpc) is 2.28. The highest BCUT2D eigenvalue weighted by atomic mass is 16.5. The maximum atomic E-state index is 12.0. The second-order valence-electron chi connectivity index (χ2n) is 5.56. The molecule has 0 aromatic heterocycles. The molecule has 1 heterocycles. The summed E-state index contributed by atoms with van der Waals surface area (Å²) in [5, 5.41) is 0. The molecule has 0 aromatic carbocycles. The molecule has 4 nitrogen and oxygen atoms in total. The SMILES string of the molecule is CN(CC1CC(N)C1)C(=O)CC1CCCCO1. The van der Waals surface area contributed by atoms with Gasteiger partial charge in [0, 0.05) is 26.2 Å². The molecule has 0 spiro atoms. The minimum atomic E-state index is 0.155. The van der Waals surface area contributed by atoms with Gasteiger partial charge in [-0.25, -0.2) is 0 Å². The van der Waals surface area contributed by atoms with Crippen LogP contribution < -0.4 is 5.73 Å². The van der Waals surface area contributed by atoms with E-state index in [1.807, 2.05) is 11.9 Å². The van der Waals surface area contributed by atoms with Gasteiger partial charge in [0.2, 0.25) is 5.91 Å². The number of hydrogen-bond donors (Lipinski definition) is 1. The maximum absolute atomic E-state index is 12.0. The van der Waals surface area contributed by atoms with Gasteiger partial charge in [-0.1, -0.05) is 0 Å². The van der Waals surface area contributed by atoms with Crippen molar-refractivity contribution in [1.82, 2.24) is 4.90 Å². The number of rotatable bonds is 4. The van der Waals surface area contributed by atoms with Crippen LogP contribution in [-0.2, 0) is 9.53 Å². The second kappa shape index (κ2) is 5.83. The van der Waals surface area contributed by atoms with Crippen molar-refractivity contribution in [2.24, 2.45) is 11.7 Å². The van der Waals surface area contributed by atoms with Crippen LogP contribution in [0.5, 0.6) is 0 Å². The second-order valence-corrected chi connectivity index (χ2v) is 5.56. The molecule has 2 aliphatic rings. The standard InChI is InChI=1S/C13H24N2O2/c1-15(9-10-6-11(14)7-10)13(16)8-12-4-2-3-5-17-12/h10-12H,2-9,14H2,1H3. The molecule has 1 saturated heterocycles. The quantitative estimate of drug-likeness (QED) is 0.801. The van der Waals surface area contributed by atoms with Crippen molar-refractivity contribution < 1.29 is 9.53 Å². The zero-order chi connectivity index (χ0) is 12.3. The lowest BCUT2D eigenvalue weighted by Gasteiger charge is -2.35. The monoisotopic (exact) mass is 240 g/mol. The first-order chi connectivity index (χ1) is 8.15. The highest BCUT2D eigenvalue weighted by Crippen LogP contribution is 2.26. The van der Waals surface area contributed by atoms with Crippen LogP contribution >= 0.6 is 0 Å². The Kier molecular flexibility index (Phi) is 4.40. The normalized spacial score (nSPS) is 32.9. The van der Waals surface area contributed by atoms with E-state index in [-0.39, 0.29) is 12.0 Å². The van der Waals surface area contributed by atoms with Gasteiger partial charge in [0.25, 0.3) is 0 Å². The van der Waals surface area contributed by atoms with E-state index in [9.17, 15) is 4.79 Å². The van der Waals surface area contributed by atoms with Crippen molar-refractivity contribution in [3.8, 4) is 0 Å². The lowest BCUT2D eigenvalue weighted by Crippen LogP contribution is -2.44. The van der Waals surface area contributed by atoms with E-state index in [4.69, 9.17) is 10.5 Å². The fourth-order valence-corrected chi connectivity index (χ4v) is 2.74. The summed E-state index contributed by atoms with van der Waals surface area (Å²) in [6, 6.07) is 0.366. The smallest absolute Gasteiger partial charge is 0.224 e. The first-order valence-electron chi connectivity index (χ1n) is 6.76. The minimum Gasteiger partial charge on any atom is -0.378 e. The third kappa shape index (κ3) is 3.68. The molecule has 1 atom stereocenters. The predicted octanol–water partition coefficient (Wildman–Crippen LogP) is 1.14. The molecule has 4 heteroatoms. The molecule has 1 unspecified atom stereocenters.